The molecule has 5 nitrogen and oxygen atoms in total. The molecule has 3 rings (SSSR count). The van der Waals surface area contributed by atoms with Crippen molar-refractivity contribution >= 4 is 33.5 Å². The van der Waals surface area contributed by atoms with E-state index in [-0.39, 0.29) is 11.5 Å². The minimum Gasteiger partial charge on any atom is -0.454 e. The van der Waals surface area contributed by atoms with Gasteiger partial charge in [-0.3, -0.25) is 4.79 Å². The van der Waals surface area contributed by atoms with Crippen molar-refractivity contribution in [3.63, 3.8) is 0 Å². The molecule has 0 saturated heterocycles. The van der Waals surface area contributed by atoms with Crippen LogP contribution in [0, 0.1) is 11.3 Å². The maximum atomic E-state index is 12.0. The lowest BCUT2D eigenvalue weighted by Gasteiger charge is -2.01. The first-order valence-corrected chi connectivity index (χ1v) is 8.88. The van der Waals surface area contributed by atoms with Crippen LogP contribution >= 0.6 is 11.3 Å². The topological polar surface area (TPSA) is 78.9 Å². The Morgan fingerprint density at radius 2 is 2.20 bits per heavy atom. The number of carbonyl (C=O) groups is 1. The predicted molar refractivity (Wildman–Crippen MR) is 98.8 cm³/mol. The molecule has 0 bridgehead atoms. The molecule has 0 unspecified atom stereocenters. The first kappa shape index (κ1) is 16.9. The van der Waals surface area contributed by atoms with Crippen molar-refractivity contribution < 1.29 is 9.21 Å². The van der Waals surface area contributed by atoms with Crippen molar-refractivity contribution in [1.82, 2.24) is 10.3 Å². The number of hydrogen-bond donors (Lipinski definition) is 1. The maximum Gasteiger partial charge on any atom is 0.262 e. The van der Waals surface area contributed by atoms with E-state index in [1.165, 1.54) is 17.4 Å². The Morgan fingerprint density at radius 1 is 1.36 bits per heavy atom. The number of nitrogens with zero attached hydrogens (tertiary/aromatic N) is 2. The smallest absolute Gasteiger partial charge is 0.262 e. The summed E-state index contributed by atoms with van der Waals surface area (Å²) in [6.07, 6.45) is 3.32. The Balaban J connectivity index is 1.80. The minimum absolute atomic E-state index is 0.0290. The Bertz CT molecular complexity index is 929. The molecule has 1 aromatic carbocycles. The third-order valence-corrected chi connectivity index (χ3v) is 4.65. The molecule has 0 radical (unpaired) electrons. The first-order valence-electron chi connectivity index (χ1n) is 8.07. The van der Waals surface area contributed by atoms with E-state index in [0.717, 1.165) is 28.1 Å². The lowest BCUT2D eigenvalue weighted by molar-refractivity contribution is -0.117. The second kappa shape index (κ2) is 7.77. The van der Waals surface area contributed by atoms with Crippen LogP contribution in [0.2, 0.25) is 0 Å². The zero-order chi connectivity index (χ0) is 17.6. The van der Waals surface area contributed by atoms with Crippen molar-refractivity contribution in [2.75, 3.05) is 6.54 Å². The lowest BCUT2D eigenvalue weighted by Crippen LogP contribution is -2.25. The average molecular weight is 351 g/mol. The Morgan fingerprint density at radius 3 is 2.96 bits per heavy atom. The molecule has 0 aliphatic carbocycles. The number of amides is 1. The molecule has 0 aliphatic rings. The van der Waals surface area contributed by atoms with E-state index >= 15 is 0 Å². The number of fused-ring (bicyclic) bond motifs is 1. The van der Waals surface area contributed by atoms with E-state index in [1.807, 2.05) is 37.3 Å². The third kappa shape index (κ3) is 3.95. The molecule has 2 heterocycles. The second-order valence-electron chi connectivity index (χ2n) is 5.47. The van der Waals surface area contributed by atoms with Crippen LogP contribution in [0.15, 0.2) is 46.4 Å². The summed E-state index contributed by atoms with van der Waals surface area (Å²) in [5, 5.41) is 12.7. The van der Waals surface area contributed by atoms with Crippen molar-refractivity contribution in [2.24, 2.45) is 0 Å². The molecule has 1 amide bonds. The van der Waals surface area contributed by atoms with E-state index in [1.54, 1.807) is 12.1 Å². The average Bonchev–Trinajstić information content (AvgIpc) is 3.26. The van der Waals surface area contributed by atoms with E-state index in [2.05, 4.69) is 10.3 Å². The number of hydrogen-bond acceptors (Lipinski definition) is 5. The predicted octanol–water partition coefficient (Wildman–Crippen LogP) is 4.38. The van der Waals surface area contributed by atoms with Crippen molar-refractivity contribution in [3.8, 4) is 16.8 Å². The number of furan rings is 1. The molecule has 0 atom stereocenters. The van der Waals surface area contributed by atoms with Gasteiger partial charge in [0.1, 0.15) is 17.4 Å². The fourth-order valence-electron chi connectivity index (χ4n) is 2.29. The van der Waals surface area contributed by atoms with Crippen LogP contribution in [0.3, 0.4) is 0 Å². The van der Waals surface area contributed by atoms with Gasteiger partial charge >= 0.3 is 0 Å². The van der Waals surface area contributed by atoms with Crippen LogP contribution in [-0.4, -0.2) is 17.4 Å². The standard InChI is InChI=1S/C19H17N3O2S/c1-2-3-10-21-18(23)13(12-20)11-14-8-9-16(24-14)19-22-15-6-4-5-7-17(15)25-19/h4-9,11H,2-3,10H2,1H3,(H,21,23)/b13-11+. The van der Waals surface area contributed by atoms with Gasteiger partial charge in [-0.05, 0) is 30.7 Å². The zero-order valence-electron chi connectivity index (χ0n) is 13.8. The highest BCUT2D eigenvalue weighted by Crippen LogP contribution is 2.31. The van der Waals surface area contributed by atoms with Gasteiger partial charge in [0.25, 0.3) is 5.91 Å². The SMILES string of the molecule is CCCCNC(=O)/C(C#N)=C/c1ccc(-c2nc3ccccc3s2)o1. The molecule has 0 fully saturated rings. The van der Waals surface area contributed by atoms with Crippen LogP contribution in [0.5, 0.6) is 0 Å². The van der Waals surface area contributed by atoms with E-state index in [9.17, 15) is 10.1 Å². The quantitative estimate of drug-likeness (QED) is 0.406. The molecule has 6 heteroatoms. The summed E-state index contributed by atoms with van der Waals surface area (Å²) >= 11 is 1.54. The molecule has 126 valence electrons. The van der Waals surface area contributed by atoms with Crippen LogP contribution in [-0.2, 0) is 4.79 Å². The summed E-state index contributed by atoms with van der Waals surface area (Å²) in [4.78, 5) is 16.5. The molecular weight excluding hydrogens is 334 g/mol. The van der Waals surface area contributed by atoms with Gasteiger partial charge in [-0.2, -0.15) is 5.26 Å². The van der Waals surface area contributed by atoms with E-state index in [0.29, 0.717) is 18.1 Å². The summed E-state index contributed by atoms with van der Waals surface area (Å²) in [7, 11) is 0. The van der Waals surface area contributed by atoms with Gasteiger partial charge in [0.05, 0.1) is 10.2 Å². The van der Waals surface area contributed by atoms with Gasteiger partial charge in [0.2, 0.25) is 0 Å². The number of unbranched alkanes of at least 4 members (excludes halogenated alkanes) is 1. The molecule has 3 aromatic rings. The highest BCUT2D eigenvalue weighted by Gasteiger charge is 2.12. The molecule has 0 aliphatic heterocycles. The maximum absolute atomic E-state index is 12.0. The van der Waals surface area contributed by atoms with Crippen molar-refractivity contribution in [2.45, 2.75) is 19.8 Å². The molecule has 1 N–H and O–H groups in total. The normalized spacial score (nSPS) is 11.4. The summed E-state index contributed by atoms with van der Waals surface area (Å²) in [6.45, 7) is 2.60. The Labute approximate surface area is 149 Å². The molecular formula is C19H17N3O2S. The largest absolute Gasteiger partial charge is 0.454 e. The summed E-state index contributed by atoms with van der Waals surface area (Å²) < 4.78 is 6.83. The number of nitriles is 1. The van der Waals surface area contributed by atoms with Gasteiger partial charge in [-0.1, -0.05) is 25.5 Å². The second-order valence-corrected chi connectivity index (χ2v) is 6.50. The molecule has 0 spiro atoms. The van der Waals surface area contributed by atoms with Gasteiger partial charge in [-0.15, -0.1) is 11.3 Å². The highest BCUT2D eigenvalue weighted by molar-refractivity contribution is 7.21. The highest BCUT2D eigenvalue weighted by atomic mass is 32.1. The van der Waals surface area contributed by atoms with Crippen LogP contribution < -0.4 is 5.32 Å². The van der Waals surface area contributed by atoms with Gasteiger partial charge < -0.3 is 9.73 Å². The van der Waals surface area contributed by atoms with Gasteiger partial charge in [-0.25, -0.2) is 4.98 Å². The van der Waals surface area contributed by atoms with Crippen molar-refractivity contribution in [1.29, 1.82) is 5.26 Å². The first-order chi connectivity index (χ1) is 12.2. The van der Waals surface area contributed by atoms with Crippen LogP contribution in [0.25, 0.3) is 27.1 Å². The number of nitrogens with one attached hydrogen (secondary N) is 1. The van der Waals surface area contributed by atoms with E-state index in [4.69, 9.17) is 4.42 Å². The van der Waals surface area contributed by atoms with Crippen molar-refractivity contribution in [3.05, 3.63) is 47.7 Å². The molecule has 25 heavy (non-hydrogen) atoms. The van der Waals surface area contributed by atoms with E-state index < -0.39 is 0 Å². The summed E-state index contributed by atoms with van der Waals surface area (Å²) in [5.41, 5.74) is 0.949. The summed E-state index contributed by atoms with van der Waals surface area (Å²) in [5.74, 6) is 0.696. The fraction of sp³-hybridized carbons (Fsp3) is 0.211. The number of para-hydroxylation sites is 1. The van der Waals surface area contributed by atoms with Gasteiger partial charge in [0, 0.05) is 12.6 Å². The van der Waals surface area contributed by atoms with Crippen LogP contribution in [0.4, 0.5) is 0 Å². The third-order valence-electron chi connectivity index (χ3n) is 3.60. The van der Waals surface area contributed by atoms with Crippen LogP contribution in [0.1, 0.15) is 25.5 Å². The number of rotatable bonds is 6. The zero-order valence-corrected chi connectivity index (χ0v) is 14.6. The lowest BCUT2D eigenvalue weighted by atomic mass is 10.2. The monoisotopic (exact) mass is 351 g/mol. The Kier molecular flexibility index (Phi) is 5.26. The number of thiazole rings is 1. The fourth-order valence-corrected chi connectivity index (χ4v) is 3.22. The number of benzene rings is 1. The summed E-state index contributed by atoms with van der Waals surface area (Å²) in [6, 6.07) is 13.3. The Hall–Kier alpha value is -2.91. The number of carbonyl (C=O) groups excluding carboxylic acids is 1. The molecule has 0 saturated carbocycles. The van der Waals surface area contributed by atoms with Gasteiger partial charge in [0.15, 0.2) is 10.8 Å². The molecule has 2 aromatic heterocycles. The minimum atomic E-state index is -0.381. The number of aromatic nitrogens is 1.